The normalized spacial score (nSPS) is 11.4. The van der Waals surface area contributed by atoms with Crippen LogP contribution in [-0.2, 0) is 4.79 Å². The molecule has 4 heteroatoms. The molecule has 0 spiro atoms. The van der Waals surface area contributed by atoms with E-state index in [9.17, 15) is 9.90 Å². The Morgan fingerprint density at radius 1 is 1.15 bits per heavy atom. The number of carbonyl (C=O) groups is 1. The lowest BCUT2D eigenvalue weighted by Gasteiger charge is -2.07. The molecule has 102 valence electrons. The maximum Gasteiger partial charge on any atom is 0.336 e. The average molecular weight is 305 g/mol. The number of carboxylic acids is 1. The molecule has 0 radical (unpaired) electrons. The zero-order valence-electron chi connectivity index (χ0n) is 10.8. The number of carboxylic acid groups (broad SMARTS) is 1. The van der Waals surface area contributed by atoms with Gasteiger partial charge in [-0.05, 0) is 30.0 Å². The van der Waals surface area contributed by atoms with Gasteiger partial charge in [0.1, 0.15) is 0 Å². The van der Waals surface area contributed by atoms with E-state index < -0.39 is 5.97 Å². The van der Waals surface area contributed by atoms with Crippen LogP contribution in [0.1, 0.15) is 11.1 Å². The number of rotatable bonds is 4. The highest BCUT2D eigenvalue weighted by Gasteiger charge is 2.14. The van der Waals surface area contributed by atoms with Crippen molar-refractivity contribution >= 4 is 41.0 Å². The van der Waals surface area contributed by atoms with Crippen molar-refractivity contribution in [3.8, 4) is 0 Å². The van der Waals surface area contributed by atoms with E-state index in [0.29, 0.717) is 10.6 Å². The molecule has 1 N–H and O–H groups in total. The van der Waals surface area contributed by atoms with E-state index in [1.54, 1.807) is 42.1 Å². The molecule has 0 aromatic heterocycles. The minimum absolute atomic E-state index is 0.192. The summed E-state index contributed by atoms with van der Waals surface area (Å²) in [6, 6.07) is 14.6. The first-order chi connectivity index (χ1) is 9.63. The minimum Gasteiger partial charge on any atom is -0.478 e. The van der Waals surface area contributed by atoms with Crippen molar-refractivity contribution < 1.29 is 9.90 Å². The van der Waals surface area contributed by atoms with Crippen molar-refractivity contribution in [2.45, 2.75) is 4.90 Å². The number of thioether (sulfide) groups is 1. The van der Waals surface area contributed by atoms with Crippen molar-refractivity contribution in [3.63, 3.8) is 0 Å². The fraction of sp³-hybridized carbons (Fsp3) is 0.0625. The summed E-state index contributed by atoms with van der Waals surface area (Å²) in [6.45, 7) is 0. The van der Waals surface area contributed by atoms with Crippen LogP contribution < -0.4 is 0 Å². The Hall–Kier alpha value is -1.71. The van der Waals surface area contributed by atoms with Gasteiger partial charge in [-0.15, -0.1) is 11.8 Å². The molecule has 2 nitrogen and oxygen atoms in total. The monoisotopic (exact) mass is 304 g/mol. The standard InChI is InChI=1S/C16H13ClO2S/c1-20-15-9-5-2-6-11(15)10-13(16(18)19)12-7-3-4-8-14(12)17/h2-10H,1H3,(H,18,19). The predicted molar refractivity (Wildman–Crippen MR) is 85.2 cm³/mol. The van der Waals surface area contributed by atoms with Crippen LogP contribution in [-0.4, -0.2) is 17.3 Å². The van der Waals surface area contributed by atoms with Gasteiger partial charge in [0.15, 0.2) is 0 Å². The maximum absolute atomic E-state index is 11.5. The van der Waals surface area contributed by atoms with Gasteiger partial charge in [0.25, 0.3) is 0 Å². The van der Waals surface area contributed by atoms with Crippen molar-refractivity contribution in [1.29, 1.82) is 0 Å². The lowest BCUT2D eigenvalue weighted by atomic mass is 10.0. The third-order valence-electron chi connectivity index (χ3n) is 2.83. The molecule has 2 aromatic rings. The Morgan fingerprint density at radius 2 is 1.80 bits per heavy atom. The molecule has 20 heavy (non-hydrogen) atoms. The van der Waals surface area contributed by atoms with Gasteiger partial charge in [0, 0.05) is 15.5 Å². The lowest BCUT2D eigenvalue weighted by molar-refractivity contribution is -0.130. The highest BCUT2D eigenvalue weighted by Crippen LogP contribution is 2.28. The number of aliphatic carboxylic acids is 1. The molecular formula is C16H13ClO2S. The van der Waals surface area contributed by atoms with E-state index in [4.69, 9.17) is 11.6 Å². The zero-order chi connectivity index (χ0) is 14.5. The molecule has 0 heterocycles. The second-order valence-corrected chi connectivity index (χ2v) is 5.34. The summed E-state index contributed by atoms with van der Waals surface area (Å²) in [4.78, 5) is 12.5. The average Bonchev–Trinajstić information content (AvgIpc) is 2.46. The summed E-state index contributed by atoms with van der Waals surface area (Å²) in [5.74, 6) is -0.992. The summed E-state index contributed by atoms with van der Waals surface area (Å²) < 4.78 is 0. The minimum atomic E-state index is -0.992. The molecule has 0 atom stereocenters. The van der Waals surface area contributed by atoms with Gasteiger partial charge >= 0.3 is 5.97 Å². The van der Waals surface area contributed by atoms with Crippen LogP contribution in [0.4, 0.5) is 0 Å². The first kappa shape index (κ1) is 14.7. The molecule has 0 fully saturated rings. The van der Waals surface area contributed by atoms with Crippen molar-refractivity contribution in [3.05, 3.63) is 64.7 Å². The summed E-state index contributed by atoms with van der Waals surface area (Å²) in [7, 11) is 0. The van der Waals surface area contributed by atoms with Gasteiger partial charge < -0.3 is 5.11 Å². The molecule has 0 amide bonds. The number of hydrogen-bond donors (Lipinski definition) is 1. The fourth-order valence-electron chi connectivity index (χ4n) is 1.88. The Labute approximate surface area is 127 Å². The highest BCUT2D eigenvalue weighted by atomic mass is 35.5. The Bertz CT molecular complexity index is 665. The van der Waals surface area contributed by atoms with Crippen LogP contribution in [0.15, 0.2) is 53.4 Å². The smallest absolute Gasteiger partial charge is 0.336 e. The van der Waals surface area contributed by atoms with Crippen LogP contribution in [0, 0.1) is 0 Å². The first-order valence-electron chi connectivity index (χ1n) is 5.96. The van der Waals surface area contributed by atoms with E-state index in [0.717, 1.165) is 10.5 Å². The Balaban J connectivity index is 2.57. The molecule has 0 aliphatic rings. The molecule has 0 saturated heterocycles. The first-order valence-corrected chi connectivity index (χ1v) is 7.56. The van der Waals surface area contributed by atoms with Crippen LogP contribution >= 0.6 is 23.4 Å². The maximum atomic E-state index is 11.5. The summed E-state index contributed by atoms with van der Waals surface area (Å²) in [6.07, 6.45) is 3.62. The zero-order valence-corrected chi connectivity index (χ0v) is 12.4. The Morgan fingerprint density at radius 3 is 2.45 bits per heavy atom. The van der Waals surface area contributed by atoms with E-state index in [-0.39, 0.29) is 5.57 Å². The van der Waals surface area contributed by atoms with Crippen molar-refractivity contribution in [2.24, 2.45) is 0 Å². The molecule has 2 aromatic carbocycles. The number of halogens is 1. The van der Waals surface area contributed by atoms with Gasteiger partial charge in [-0.25, -0.2) is 4.79 Å². The van der Waals surface area contributed by atoms with Crippen molar-refractivity contribution in [2.75, 3.05) is 6.26 Å². The molecule has 2 rings (SSSR count). The second-order valence-electron chi connectivity index (χ2n) is 4.08. The SMILES string of the molecule is CSc1ccccc1C=C(C(=O)O)c1ccccc1Cl. The van der Waals surface area contributed by atoms with Crippen LogP contribution in [0.25, 0.3) is 11.6 Å². The van der Waals surface area contributed by atoms with E-state index in [1.807, 2.05) is 30.5 Å². The third kappa shape index (κ3) is 3.24. The number of hydrogen-bond acceptors (Lipinski definition) is 2. The van der Waals surface area contributed by atoms with Crippen molar-refractivity contribution in [1.82, 2.24) is 0 Å². The molecule has 0 aliphatic carbocycles. The molecule has 0 bridgehead atoms. The van der Waals surface area contributed by atoms with E-state index in [2.05, 4.69) is 0 Å². The van der Waals surface area contributed by atoms with Crippen LogP contribution in [0.5, 0.6) is 0 Å². The highest BCUT2D eigenvalue weighted by molar-refractivity contribution is 7.98. The largest absolute Gasteiger partial charge is 0.478 e. The fourth-order valence-corrected chi connectivity index (χ4v) is 2.69. The van der Waals surface area contributed by atoms with Gasteiger partial charge in [0.2, 0.25) is 0 Å². The van der Waals surface area contributed by atoms with Crippen LogP contribution in [0.3, 0.4) is 0 Å². The third-order valence-corrected chi connectivity index (χ3v) is 3.97. The molecular weight excluding hydrogens is 292 g/mol. The summed E-state index contributed by atoms with van der Waals surface area (Å²) in [5.41, 5.74) is 1.59. The summed E-state index contributed by atoms with van der Waals surface area (Å²) in [5, 5.41) is 9.88. The van der Waals surface area contributed by atoms with Gasteiger partial charge in [0.05, 0.1) is 5.57 Å². The Kier molecular flexibility index (Phi) is 4.88. The molecule has 0 unspecified atom stereocenters. The van der Waals surface area contributed by atoms with Crippen LogP contribution in [0.2, 0.25) is 5.02 Å². The van der Waals surface area contributed by atoms with Gasteiger partial charge in [-0.3, -0.25) is 0 Å². The van der Waals surface area contributed by atoms with Gasteiger partial charge in [-0.2, -0.15) is 0 Å². The quantitative estimate of drug-likeness (QED) is 0.506. The second kappa shape index (κ2) is 6.64. The molecule has 0 aliphatic heterocycles. The summed E-state index contributed by atoms with van der Waals surface area (Å²) >= 11 is 7.67. The van der Waals surface area contributed by atoms with E-state index in [1.165, 1.54) is 0 Å². The predicted octanol–water partition coefficient (Wildman–Crippen LogP) is 4.69. The number of benzene rings is 2. The van der Waals surface area contributed by atoms with E-state index >= 15 is 0 Å². The topological polar surface area (TPSA) is 37.3 Å². The molecule has 0 saturated carbocycles. The lowest BCUT2D eigenvalue weighted by Crippen LogP contribution is -2.00. The van der Waals surface area contributed by atoms with Gasteiger partial charge in [-0.1, -0.05) is 48.0 Å².